The van der Waals surface area contributed by atoms with E-state index in [1.807, 2.05) is 0 Å². The van der Waals surface area contributed by atoms with Crippen LogP contribution in [0, 0.1) is 0 Å². The Balaban J connectivity index is 2.02. The summed E-state index contributed by atoms with van der Waals surface area (Å²) in [5.74, 6) is -0.503. The number of anilines is 1. The molecule has 23 heavy (non-hydrogen) atoms. The maximum atomic E-state index is 11.8. The van der Waals surface area contributed by atoms with Crippen molar-refractivity contribution in [1.82, 2.24) is 25.5 Å². The molecule has 2 amide bonds. The van der Waals surface area contributed by atoms with Crippen LogP contribution in [0.2, 0.25) is 0 Å². The lowest BCUT2D eigenvalue weighted by Crippen LogP contribution is -2.28. The lowest BCUT2D eigenvalue weighted by molar-refractivity contribution is -0.115. The largest absolute Gasteiger partial charge is 0.383 e. The molecule has 1 heterocycles. The van der Waals surface area contributed by atoms with Crippen molar-refractivity contribution in [3.8, 4) is 5.69 Å². The standard InChI is InChI=1S/C14H18N6O3/c1-3-12(21)16-10-4-6-11(7-5-10)20-18-13(17-19-20)14(22)15-8-9-23-2/h4-7H,3,8-9H2,1-2H3,(H,15,22)(H,16,21). The molecular formula is C14H18N6O3. The van der Waals surface area contributed by atoms with Crippen molar-refractivity contribution in [3.05, 3.63) is 30.1 Å². The van der Waals surface area contributed by atoms with E-state index in [2.05, 4.69) is 26.0 Å². The summed E-state index contributed by atoms with van der Waals surface area (Å²) in [6, 6.07) is 6.90. The third-order valence-electron chi connectivity index (χ3n) is 2.91. The predicted octanol–water partition coefficient (Wildman–Crippen LogP) is 0.387. The highest BCUT2D eigenvalue weighted by Crippen LogP contribution is 2.12. The van der Waals surface area contributed by atoms with Gasteiger partial charge in [-0.05, 0) is 29.5 Å². The Morgan fingerprint density at radius 2 is 2.00 bits per heavy atom. The van der Waals surface area contributed by atoms with E-state index in [4.69, 9.17) is 4.74 Å². The lowest BCUT2D eigenvalue weighted by Gasteiger charge is -2.04. The monoisotopic (exact) mass is 318 g/mol. The number of tetrazole rings is 1. The smallest absolute Gasteiger partial charge is 0.292 e. The first-order valence-electron chi connectivity index (χ1n) is 7.11. The van der Waals surface area contributed by atoms with Gasteiger partial charge in [-0.15, -0.1) is 15.0 Å². The van der Waals surface area contributed by atoms with E-state index in [1.165, 1.54) is 4.80 Å². The zero-order chi connectivity index (χ0) is 16.7. The van der Waals surface area contributed by atoms with Gasteiger partial charge in [-0.2, -0.15) is 0 Å². The molecule has 0 spiro atoms. The number of nitrogens with one attached hydrogen (secondary N) is 2. The summed E-state index contributed by atoms with van der Waals surface area (Å²) >= 11 is 0. The van der Waals surface area contributed by atoms with Gasteiger partial charge in [-0.3, -0.25) is 9.59 Å². The van der Waals surface area contributed by atoms with E-state index in [9.17, 15) is 9.59 Å². The molecule has 2 N–H and O–H groups in total. The number of nitrogens with zero attached hydrogens (tertiary/aromatic N) is 4. The number of carbonyl (C=O) groups is 2. The molecule has 2 aromatic rings. The Hall–Kier alpha value is -2.81. The number of rotatable bonds is 7. The van der Waals surface area contributed by atoms with Crippen LogP contribution in [0.1, 0.15) is 24.0 Å². The van der Waals surface area contributed by atoms with Crippen molar-refractivity contribution in [3.63, 3.8) is 0 Å². The van der Waals surface area contributed by atoms with Crippen molar-refractivity contribution >= 4 is 17.5 Å². The molecule has 0 radical (unpaired) electrons. The van der Waals surface area contributed by atoms with Gasteiger partial charge in [0.15, 0.2) is 0 Å². The van der Waals surface area contributed by atoms with Crippen molar-refractivity contribution < 1.29 is 14.3 Å². The number of aromatic nitrogens is 4. The van der Waals surface area contributed by atoms with Gasteiger partial charge >= 0.3 is 0 Å². The first kappa shape index (κ1) is 16.6. The molecule has 0 saturated carbocycles. The maximum absolute atomic E-state index is 11.8. The number of ether oxygens (including phenoxy) is 1. The molecule has 2 rings (SSSR count). The van der Waals surface area contributed by atoms with E-state index in [0.29, 0.717) is 30.9 Å². The Bertz CT molecular complexity index is 667. The molecule has 0 unspecified atom stereocenters. The van der Waals surface area contributed by atoms with Gasteiger partial charge in [0.25, 0.3) is 11.7 Å². The average Bonchev–Trinajstić information content (AvgIpc) is 3.05. The molecule has 0 aliphatic carbocycles. The van der Waals surface area contributed by atoms with Crippen molar-refractivity contribution in [2.45, 2.75) is 13.3 Å². The zero-order valence-electron chi connectivity index (χ0n) is 12.9. The van der Waals surface area contributed by atoms with Gasteiger partial charge in [0.1, 0.15) is 0 Å². The molecule has 0 bridgehead atoms. The average molecular weight is 318 g/mol. The normalized spacial score (nSPS) is 10.3. The first-order chi connectivity index (χ1) is 11.1. The number of benzene rings is 1. The van der Waals surface area contributed by atoms with Gasteiger partial charge in [-0.1, -0.05) is 6.92 Å². The molecule has 0 atom stereocenters. The van der Waals surface area contributed by atoms with Gasteiger partial charge in [-0.25, -0.2) is 0 Å². The summed E-state index contributed by atoms with van der Waals surface area (Å²) in [6.45, 7) is 2.56. The fourth-order valence-electron chi connectivity index (χ4n) is 1.69. The summed E-state index contributed by atoms with van der Waals surface area (Å²) in [7, 11) is 1.55. The molecule has 0 saturated heterocycles. The van der Waals surface area contributed by atoms with Crippen LogP contribution in [0.3, 0.4) is 0 Å². The first-order valence-corrected chi connectivity index (χ1v) is 7.11. The molecule has 1 aromatic heterocycles. The third kappa shape index (κ3) is 4.58. The molecule has 9 heteroatoms. The minimum absolute atomic E-state index is 0.0236. The zero-order valence-corrected chi connectivity index (χ0v) is 12.9. The highest BCUT2D eigenvalue weighted by molar-refractivity contribution is 5.90. The molecule has 122 valence electrons. The van der Waals surface area contributed by atoms with Crippen LogP contribution in [0.5, 0.6) is 0 Å². The van der Waals surface area contributed by atoms with Crippen LogP contribution in [-0.2, 0) is 9.53 Å². The molecule has 0 fully saturated rings. The van der Waals surface area contributed by atoms with Crippen molar-refractivity contribution in [2.24, 2.45) is 0 Å². The predicted molar refractivity (Wildman–Crippen MR) is 82.3 cm³/mol. The number of carbonyl (C=O) groups excluding carboxylic acids is 2. The van der Waals surface area contributed by atoms with Crippen molar-refractivity contribution in [2.75, 3.05) is 25.6 Å². The Morgan fingerprint density at radius 1 is 1.26 bits per heavy atom. The second-order valence-electron chi connectivity index (χ2n) is 4.60. The Morgan fingerprint density at radius 3 is 2.65 bits per heavy atom. The second-order valence-corrected chi connectivity index (χ2v) is 4.60. The third-order valence-corrected chi connectivity index (χ3v) is 2.91. The number of amides is 2. The topological polar surface area (TPSA) is 111 Å². The van der Waals surface area contributed by atoms with Gasteiger partial charge < -0.3 is 15.4 Å². The molecule has 9 nitrogen and oxygen atoms in total. The summed E-state index contributed by atoms with van der Waals surface area (Å²) in [5.41, 5.74) is 1.31. The minimum atomic E-state index is -0.417. The van der Waals surface area contributed by atoms with Crippen LogP contribution in [-0.4, -0.2) is 52.3 Å². The van der Waals surface area contributed by atoms with Crippen LogP contribution < -0.4 is 10.6 Å². The minimum Gasteiger partial charge on any atom is -0.383 e. The Kier molecular flexibility index (Phi) is 5.75. The number of methoxy groups -OCH3 is 1. The van der Waals surface area contributed by atoms with Gasteiger partial charge in [0.05, 0.1) is 12.3 Å². The van der Waals surface area contributed by atoms with Crippen LogP contribution >= 0.6 is 0 Å². The summed E-state index contributed by atoms with van der Waals surface area (Å²) in [5, 5.41) is 16.9. The molecule has 0 aliphatic heterocycles. The molecule has 0 aliphatic rings. The summed E-state index contributed by atoms with van der Waals surface area (Å²) in [4.78, 5) is 24.3. The van der Waals surface area contributed by atoms with Gasteiger partial charge in [0, 0.05) is 25.8 Å². The fourth-order valence-corrected chi connectivity index (χ4v) is 1.69. The number of hydrogen-bond donors (Lipinski definition) is 2. The SMILES string of the molecule is CCC(=O)Nc1ccc(-n2nnc(C(=O)NCCOC)n2)cc1. The van der Waals surface area contributed by atoms with E-state index >= 15 is 0 Å². The van der Waals surface area contributed by atoms with E-state index in [1.54, 1.807) is 38.3 Å². The molecular weight excluding hydrogens is 300 g/mol. The maximum Gasteiger partial charge on any atom is 0.292 e. The van der Waals surface area contributed by atoms with Crippen LogP contribution in [0.4, 0.5) is 5.69 Å². The van der Waals surface area contributed by atoms with Crippen LogP contribution in [0.15, 0.2) is 24.3 Å². The number of hydrogen-bond acceptors (Lipinski definition) is 6. The van der Waals surface area contributed by atoms with Crippen LogP contribution in [0.25, 0.3) is 5.69 Å². The highest BCUT2D eigenvalue weighted by Gasteiger charge is 2.13. The fraction of sp³-hybridized carbons (Fsp3) is 0.357. The van der Waals surface area contributed by atoms with Gasteiger partial charge in [0.2, 0.25) is 5.91 Å². The second kappa shape index (κ2) is 7.99. The Labute approximate surface area is 133 Å². The lowest BCUT2D eigenvalue weighted by atomic mass is 10.3. The van der Waals surface area contributed by atoms with Crippen molar-refractivity contribution in [1.29, 1.82) is 0 Å². The highest BCUT2D eigenvalue weighted by atomic mass is 16.5. The summed E-state index contributed by atoms with van der Waals surface area (Å²) < 4.78 is 4.84. The van der Waals surface area contributed by atoms with E-state index < -0.39 is 5.91 Å². The van der Waals surface area contributed by atoms with E-state index in [0.717, 1.165) is 0 Å². The summed E-state index contributed by atoms with van der Waals surface area (Å²) in [6.07, 6.45) is 0.411. The van der Waals surface area contributed by atoms with E-state index in [-0.39, 0.29) is 11.7 Å². The molecule has 1 aromatic carbocycles. The quantitative estimate of drug-likeness (QED) is 0.714.